The highest BCUT2D eigenvalue weighted by Crippen LogP contribution is 2.21. The van der Waals surface area contributed by atoms with Crippen LogP contribution in [0.25, 0.3) is 0 Å². The topological polar surface area (TPSA) is 68.0 Å². The Morgan fingerprint density at radius 1 is 1.73 bits per heavy atom. The molecule has 2 unspecified atom stereocenters. The zero-order valence-corrected chi connectivity index (χ0v) is 11.1. The van der Waals surface area contributed by atoms with Gasteiger partial charge in [0.2, 0.25) is 0 Å². The van der Waals surface area contributed by atoms with E-state index in [2.05, 4.69) is 26.2 Å². The van der Waals surface area contributed by atoms with E-state index in [0.717, 1.165) is 10.3 Å². The van der Waals surface area contributed by atoms with Gasteiger partial charge in [0, 0.05) is 28.9 Å². The van der Waals surface area contributed by atoms with Gasteiger partial charge in [-0.05, 0) is 28.9 Å². The molecule has 1 aromatic rings. The normalized spacial score (nSPS) is 14.6. The fourth-order valence-corrected chi connectivity index (χ4v) is 1.77. The van der Waals surface area contributed by atoms with Crippen LogP contribution >= 0.6 is 15.9 Å². The smallest absolute Gasteiger partial charge is 0.140 e. The summed E-state index contributed by atoms with van der Waals surface area (Å²) in [6.45, 7) is 2.55. The maximum Gasteiger partial charge on any atom is 0.140 e. The van der Waals surface area contributed by atoms with E-state index in [9.17, 15) is 4.21 Å². The van der Waals surface area contributed by atoms with Gasteiger partial charge in [-0.15, -0.1) is 0 Å². The summed E-state index contributed by atoms with van der Waals surface area (Å²) in [7, 11) is -0.825. The number of halogens is 1. The van der Waals surface area contributed by atoms with Crippen LogP contribution in [-0.2, 0) is 10.8 Å². The predicted molar refractivity (Wildman–Crippen MR) is 68.4 cm³/mol. The van der Waals surface area contributed by atoms with Crippen LogP contribution in [0.3, 0.4) is 0 Å². The van der Waals surface area contributed by atoms with Gasteiger partial charge < -0.3 is 11.1 Å². The average Bonchev–Trinajstić information content (AvgIpc) is 2.15. The molecule has 0 saturated heterocycles. The number of anilines is 2. The summed E-state index contributed by atoms with van der Waals surface area (Å²) in [5.41, 5.74) is 6.17. The molecule has 1 rings (SSSR count). The zero-order chi connectivity index (χ0) is 11.4. The second-order valence-electron chi connectivity index (χ2n) is 3.29. The maximum absolute atomic E-state index is 11.1. The number of nitrogen functional groups attached to an aromatic ring is 1. The first kappa shape index (κ1) is 12.4. The Morgan fingerprint density at radius 2 is 2.40 bits per heavy atom. The average molecular weight is 292 g/mol. The van der Waals surface area contributed by atoms with Gasteiger partial charge in [-0.25, -0.2) is 4.98 Å². The Hall–Kier alpha value is -0.620. The summed E-state index contributed by atoms with van der Waals surface area (Å²) in [6.07, 6.45) is 3.28. The van der Waals surface area contributed by atoms with Gasteiger partial charge in [-0.1, -0.05) is 0 Å². The molecule has 0 aliphatic carbocycles. The second-order valence-corrected chi connectivity index (χ2v) is 5.95. The predicted octanol–water partition coefficient (Wildman–Crippen LogP) is 1.61. The van der Waals surface area contributed by atoms with Crippen LogP contribution in [-0.4, -0.2) is 27.2 Å². The van der Waals surface area contributed by atoms with Crippen molar-refractivity contribution in [1.29, 1.82) is 0 Å². The summed E-state index contributed by atoms with van der Waals surface area (Å²) in [6, 6.07) is 1.78. The Morgan fingerprint density at radius 3 is 2.93 bits per heavy atom. The van der Waals surface area contributed by atoms with Gasteiger partial charge >= 0.3 is 0 Å². The standard InChI is InChI=1S/C9H14BrN3OS/c1-6(15(2)14)4-12-9-8(10)3-7(11)5-13-9/h3,5-6H,4,11H2,1-2H3,(H,12,13). The first-order valence-electron chi connectivity index (χ1n) is 4.48. The van der Waals surface area contributed by atoms with Crippen molar-refractivity contribution in [2.75, 3.05) is 23.9 Å². The molecule has 4 nitrogen and oxygen atoms in total. The summed E-state index contributed by atoms with van der Waals surface area (Å²) in [4.78, 5) is 4.13. The molecule has 3 N–H and O–H groups in total. The molecule has 0 aliphatic rings. The summed E-state index contributed by atoms with van der Waals surface area (Å²) >= 11 is 3.35. The molecule has 0 fully saturated rings. The third-order valence-corrected chi connectivity index (χ3v) is 3.89. The monoisotopic (exact) mass is 291 g/mol. The first-order valence-corrected chi connectivity index (χ1v) is 6.89. The maximum atomic E-state index is 11.1. The number of hydrogen-bond acceptors (Lipinski definition) is 4. The molecule has 1 heterocycles. The van der Waals surface area contributed by atoms with Crippen molar-refractivity contribution in [3.63, 3.8) is 0 Å². The molecule has 84 valence electrons. The van der Waals surface area contributed by atoms with Crippen LogP contribution in [0.1, 0.15) is 6.92 Å². The van der Waals surface area contributed by atoms with Crippen LogP contribution in [0.15, 0.2) is 16.7 Å². The van der Waals surface area contributed by atoms with E-state index in [0.29, 0.717) is 12.2 Å². The zero-order valence-electron chi connectivity index (χ0n) is 8.66. The first-order chi connectivity index (χ1) is 7.00. The summed E-state index contributed by atoms with van der Waals surface area (Å²) < 4.78 is 11.9. The number of nitrogens with one attached hydrogen (secondary N) is 1. The third-order valence-electron chi connectivity index (χ3n) is 1.99. The largest absolute Gasteiger partial charge is 0.397 e. The van der Waals surface area contributed by atoms with E-state index in [1.54, 1.807) is 18.5 Å². The van der Waals surface area contributed by atoms with Crippen LogP contribution in [0, 0.1) is 0 Å². The Balaban J connectivity index is 2.62. The van der Waals surface area contributed by atoms with E-state index < -0.39 is 10.8 Å². The molecule has 0 spiro atoms. The number of rotatable bonds is 4. The van der Waals surface area contributed by atoms with E-state index in [1.807, 2.05) is 6.92 Å². The molecule has 15 heavy (non-hydrogen) atoms. The van der Waals surface area contributed by atoms with Crippen molar-refractivity contribution in [1.82, 2.24) is 4.98 Å². The lowest BCUT2D eigenvalue weighted by atomic mass is 10.4. The lowest BCUT2D eigenvalue weighted by molar-refractivity contribution is 0.678. The molecule has 0 amide bonds. The van der Waals surface area contributed by atoms with Crippen LogP contribution in [0.2, 0.25) is 0 Å². The number of hydrogen-bond donors (Lipinski definition) is 2. The highest BCUT2D eigenvalue weighted by molar-refractivity contribution is 9.10. The molecule has 0 aliphatic heterocycles. The van der Waals surface area contributed by atoms with Gasteiger partial charge in [0.15, 0.2) is 0 Å². The van der Waals surface area contributed by atoms with Crippen molar-refractivity contribution in [2.24, 2.45) is 0 Å². The van der Waals surface area contributed by atoms with Gasteiger partial charge in [-0.2, -0.15) is 0 Å². The summed E-state index contributed by atoms with van der Waals surface area (Å²) in [5.74, 6) is 0.724. The highest BCUT2D eigenvalue weighted by Gasteiger charge is 2.07. The molecular formula is C9H14BrN3OS. The van der Waals surface area contributed by atoms with Gasteiger partial charge in [0.25, 0.3) is 0 Å². The molecule has 1 aromatic heterocycles. The summed E-state index contributed by atoms with van der Waals surface area (Å²) in [5, 5.41) is 3.21. The Labute approximate surface area is 100 Å². The minimum atomic E-state index is -0.825. The lowest BCUT2D eigenvalue weighted by Crippen LogP contribution is -2.21. The second kappa shape index (κ2) is 5.46. The lowest BCUT2D eigenvalue weighted by Gasteiger charge is -2.11. The Bertz CT molecular complexity index is 372. The molecule has 0 aromatic carbocycles. The minimum absolute atomic E-state index is 0.0938. The molecule has 0 saturated carbocycles. The van der Waals surface area contributed by atoms with E-state index in [1.165, 1.54) is 0 Å². The Kier molecular flexibility index (Phi) is 4.53. The molecular weight excluding hydrogens is 278 g/mol. The number of nitrogens with two attached hydrogens (primary N) is 1. The van der Waals surface area contributed by atoms with E-state index in [-0.39, 0.29) is 5.25 Å². The van der Waals surface area contributed by atoms with Crippen LogP contribution in [0.5, 0.6) is 0 Å². The van der Waals surface area contributed by atoms with Crippen LogP contribution < -0.4 is 11.1 Å². The molecule has 2 atom stereocenters. The number of pyridine rings is 1. The van der Waals surface area contributed by atoms with Gasteiger partial charge in [0.05, 0.1) is 16.4 Å². The van der Waals surface area contributed by atoms with Crippen molar-refractivity contribution in [2.45, 2.75) is 12.2 Å². The SMILES string of the molecule is CC(CNc1ncc(N)cc1Br)S(C)=O. The molecule has 0 radical (unpaired) electrons. The fourth-order valence-electron chi connectivity index (χ4n) is 0.941. The van der Waals surface area contributed by atoms with Crippen molar-refractivity contribution >= 4 is 38.2 Å². The van der Waals surface area contributed by atoms with Gasteiger partial charge in [-0.3, -0.25) is 4.21 Å². The van der Waals surface area contributed by atoms with Crippen molar-refractivity contribution in [3.05, 3.63) is 16.7 Å². The van der Waals surface area contributed by atoms with Crippen LogP contribution in [0.4, 0.5) is 11.5 Å². The highest BCUT2D eigenvalue weighted by atomic mass is 79.9. The van der Waals surface area contributed by atoms with E-state index >= 15 is 0 Å². The van der Waals surface area contributed by atoms with E-state index in [4.69, 9.17) is 5.73 Å². The molecule has 6 heteroatoms. The molecule has 0 bridgehead atoms. The quantitative estimate of drug-likeness (QED) is 0.884. The van der Waals surface area contributed by atoms with Gasteiger partial charge in [0.1, 0.15) is 5.82 Å². The minimum Gasteiger partial charge on any atom is -0.397 e. The third kappa shape index (κ3) is 3.79. The van der Waals surface area contributed by atoms with Crippen molar-refractivity contribution < 1.29 is 4.21 Å². The van der Waals surface area contributed by atoms with Crippen molar-refractivity contribution in [3.8, 4) is 0 Å². The fraction of sp³-hybridized carbons (Fsp3) is 0.444. The number of nitrogens with zero attached hydrogens (tertiary/aromatic N) is 1. The number of aromatic nitrogens is 1.